The molecule has 0 heterocycles. The Morgan fingerprint density at radius 2 is 1.67 bits per heavy atom. The summed E-state index contributed by atoms with van der Waals surface area (Å²) < 4.78 is 5.27. The van der Waals surface area contributed by atoms with Crippen LogP contribution in [0.2, 0.25) is 0 Å². The van der Waals surface area contributed by atoms with Gasteiger partial charge in [-0.1, -0.05) is 60.2 Å². The topological polar surface area (TPSA) is 12.5 Å². The Morgan fingerprint density at radius 3 is 2.33 bits per heavy atom. The Kier molecular flexibility index (Phi) is 10.6. The van der Waals surface area contributed by atoms with Gasteiger partial charge >= 0.3 is 0 Å². The van der Waals surface area contributed by atoms with Gasteiger partial charge in [0.25, 0.3) is 0 Å². The van der Waals surface area contributed by atoms with Gasteiger partial charge in [0, 0.05) is 11.9 Å². The van der Waals surface area contributed by atoms with E-state index in [1.54, 1.807) is 7.11 Å². The van der Waals surface area contributed by atoms with Crippen molar-refractivity contribution in [3.63, 3.8) is 0 Å². The van der Waals surface area contributed by atoms with Gasteiger partial charge in [-0.25, -0.2) is 0 Å². The molecule has 0 unspecified atom stereocenters. The van der Waals surface area contributed by atoms with Gasteiger partial charge in [0.15, 0.2) is 0 Å². The van der Waals surface area contributed by atoms with Crippen molar-refractivity contribution in [3.8, 4) is 5.75 Å². The van der Waals surface area contributed by atoms with Crippen molar-refractivity contribution in [2.24, 2.45) is 0 Å². The first-order valence-electron chi connectivity index (χ1n) is 8.13. The van der Waals surface area contributed by atoms with Crippen LogP contribution in [0.15, 0.2) is 24.3 Å². The molecule has 1 rings (SSSR count). The lowest BCUT2D eigenvalue weighted by atomic mass is 10.1. The molecule has 1 aromatic carbocycles. The summed E-state index contributed by atoms with van der Waals surface area (Å²) in [6, 6.07) is 8.36. The number of hydrogen-bond donors (Lipinski definition) is 0. The number of nitrogens with zero attached hydrogens (tertiary/aromatic N) is 1. The molecule has 0 saturated carbocycles. The molecule has 0 spiro atoms. The predicted molar refractivity (Wildman–Crippen MR) is 95.4 cm³/mol. The van der Waals surface area contributed by atoms with Gasteiger partial charge in [0.05, 0.1) is 7.11 Å². The number of ether oxygens (including phenoxy) is 1. The molecule has 0 aliphatic carbocycles. The first-order valence-corrected chi connectivity index (χ1v) is 9.26. The Bertz CT molecular complexity index is 370. The Morgan fingerprint density at radius 1 is 1.00 bits per heavy atom. The van der Waals surface area contributed by atoms with Gasteiger partial charge in [-0.05, 0) is 44.1 Å². The summed E-state index contributed by atoms with van der Waals surface area (Å²) >= 11 is 3.48. The van der Waals surface area contributed by atoms with E-state index in [9.17, 15) is 0 Å². The van der Waals surface area contributed by atoms with E-state index in [-0.39, 0.29) is 0 Å². The van der Waals surface area contributed by atoms with Crippen molar-refractivity contribution in [1.82, 2.24) is 4.90 Å². The van der Waals surface area contributed by atoms with Crippen LogP contribution < -0.4 is 4.74 Å². The van der Waals surface area contributed by atoms with Crippen molar-refractivity contribution in [2.75, 3.05) is 26.0 Å². The van der Waals surface area contributed by atoms with E-state index >= 15 is 0 Å². The lowest BCUT2D eigenvalue weighted by Crippen LogP contribution is -2.19. The number of halogens is 1. The summed E-state index contributed by atoms with van der Waals surface area (Å²) in [5.41, 5.74) is 1.33. The molecule has 0 atom stereocenters. The minimum Gasteiger partial charge on any atom is -0.497 e. The van der Waals surface area contributed by atoms with Crippen LogP contribution in [0, 0.1) is 0 Å². The molecule has 0 N–H and O–H groups in total. The van der Waals surface area contributed by atoms with E-state index in [1.807, 2.05) is 6.07 Å². The van der Waals surface area contributed by atoms with Crippen LogP contribution in [0.25, 0.3) is 0 Å². The van der Waals surface area contributed by atoms with Crippen LogP contribution in [0.3, 0.4) is 0 Å². The summed E-state index contributed by atoms with van der Waals surface area (Å²) in [5, 5.41) is 1.15. The molecule has 0 fully saturated rings. The molecule has 1 aromatic rings. The fourth-order valence-corrected chi connectivity index (χ4v) is 2.92. The van der Waals surface area contributed by atoms with E-state index in [0.29, 0.717) is 0 Å². The lowest BCUT2D eigenvalue weighted by molar-refractivity contribution is 0.315. The second kappa shape index (κ2) is 12.0. The van der Waals surface area contributed by atoms with Crippen LogP contribution in [0.5, 0.6) is 5.75 Å². The first-order chi connectivity index (χ1) is 10.3. The highest BCUT2D eigenvalue weighted by molar-refractivity contribution is 9.09. The van der Waals surface area contributed by atoms with Gasteiger partial charge in [-0.15, -0.1) is 0 Å². The molecule has 2 nitrogen and oxygen atoms in total. The van der Waals surface area contributed by atoms with E-state index in [2.05, 4.69) is 46.1 Å². The summed E-state index contributed by atoms with van der Waals surface area (Å²) in [6.45, 7) is 2.18. The normalized spacial score (nSPS) is 11.0. The predicted octanol–water partition coefficient (Wildman–Crippen LogP) is 5.25. The first kappa shape index (κ1) is 18.5. The number of methoxy groups -OCH3 is 1. The number of benzene rings is 1. The van der Waals surface area contributed by atoms with Gasteiger partial charge in [0.2, 0.25) is 0 Å². The Hall–Kier alpha value is -0.540. The summed E-state index contributed by atoms with van der Waals surface area (Å²) in [4.78, 5) is 2.40. The van der Waals surface area contributed by atoms with E-state index in [0.717, 1.165) is 17.6 Å². The molecule has 0 bridgehead atoms. The lowest BCUT2D eigenvalue weighted by Gasteiger charge is -2.17. The van der Waals surface area contributed by atoms with Gasteiger partial charge in [0.1, 0.15) is 5.75 Å². The number of unbranched alkanes of at least 4 members (excludes halogenated alkanes) is 6. The molecule has 0 aliphatic heterocycles. The monoisotopic (exact) mass is 355 g/mol. The molecule has 21 heavy (non-hydrogen) atoms. The molecule has 0 radical (unpaired) electrons. The van der Waals surface area contributed by atoms with E-state index < -0.39 is 0 Å². The molecule has 3 heteroatoms. The zero-order chi connectivity index (χ0) is 15.3. The third kappa shape index (κ3) is 9.15. The second-order valence-electron chi connectivity index (χ2n) is 5.75. The average Bonchev–Trinajstić information content (AvgIpc) is 2.50. The maximum Gasteiger partial charge on any atom is 0.119 e. The molecule has 0 aliphatic rings. The molecule has 120 valence electrons. The average molecular weight is 356 g/mol. The number of rotatable bonds is 12. The van der Waals surface area contributed by atoms with Crippen LogP contribution in [0.1, 0.15) is 50.5 Å². The third-order valence-corrected chi connectivity index (χ3v) is 4.32. The van der Waals surface area contributed by atoms with E-state index in [4.69, 9.17) is 4.74 Å². The van der Waals surface area contributed by atoms with Crippen molar-refractivity contribution in [2.45, 2.75) is 51.5 Å². The Balaban J connectivity index is 2.07. The smallest absolute Gasteiger partial charge is 0.119 e. The molecule has 0 amide bonds. The summed E-state index contributed by atoms with van der Waals surface area (Å²) in [5.74, 6) is 0.948. The van der Waals surface area contributed by atoms with Gasteiger partial charge in [-0.2, -0.15) is 0 Å². The minimum absolute atomic E-state index is 0.948. The largest absolute Gasteiger partial charge is 0.497 e. The van der Waals surface area contributed by atoms with E-state index in [1.165, 1.54) is 57.1 Å². The van der Waals surface area contributed by atoms with Crippen molar-refractivity contribution in [3.05, 3.63) is 29.8 Å². The number of hydrogen-bond acceptors (Lipinski definition) is 2. The fourth-order valence-electron chi connectivity index (χ4n) is 2.52. The highest BCUT2D eigenvalue weighted by atomic mass is 79.9. The highest BCUT2D eigenvalue weighted by Gasteiger charge is 2.01. The third-order valence-electron chi connectivity index (χ3n) is 3.76. The second-order valence-corrected chi connectivity index (χ2v) is 6.55. The Labute approximate surface area is 139 Å². The molecular formula is C18H30BrNO. The zero-order valence-corrected chi connectivity index (χ0v) is 15.2. The maximum atomic E-state index is 5.27. The van der Waals surface area contributed by atoms with Crippen LogP contribution in [-0.4, -0.2) is 30.9 Å². The summed E-state index contributed by atoms with van der Waals surface area (Å²) in [6.07, 6.45) is 9.53. The van der Waals surface area contributed by atoms with Crippen LogP contribution >= 0.6 is 15.9 Å². The number of alkyl halides is 1. The highest BCUT2D eigenvalue weighted by Crippen LogP contribution is 2.14. The molecular weight excluding hydrogens is 326 g/mol. The van der Waals surface area contributed by atoms with Crippen molar-refractivity contribution in [1.29, 1.82) is 0 Å². The van der Waals surface area contributed by atoms with Gasteiger partial charge in [-0.3, -0.25) is 0 Å². The van der Waals surface area contributed by atoms with Gasteiger partial charge < -0.3 is 9.64 Å². The quantitative estimate of drug-likeness (QED) is 0.374. The van der Waals surface area contributed by atoms with Crippen molar-refractivity contribution < 1.29 is 4.74 Å². The molecule has 0 aromatic heterocycles. The van der Waals surface area contributed by atoms with Crippen molar-refractivity contribution >= 4 is 15.9 Å². The standard InChI is InChI=1S/C18H30BrNO/c1-20(14-9-7-5-3-4-6-8-13-19)16-17-11-10-12-18(15-17)21-2/h10-12,15H,3-9,13-14,16H2,1-2H3. The molecule has 0 saturated heterocycles. The fraction of sp³-hybridized carbons (Fsp3) is 0.667. The zero-order valence-electron chi connectivity index (χ0n) is 13.6. The van der Waals surface area contributed by atoms with Crippen LogP contribution in [0.4, 0.5) is 0 Å². The summed E-state index contributed by atoms with van der Waals surface area (Å²) in [7, 11) is 3.93. The minimum atomic E-state index is 0.948. The SMILES string of the molecule is COc1cccc(CN(C)CCCCCCCCCBr)c1. The van der Waals surface area contributed by atoms with Crippen LogP contribution in [-0.2, 0) is 6.54 Å². The maximum absolute atomic E-state index is 5.27.